The molecule has 2 atom stereocenters. The van der Waals surface area contributed by atoms with Crippen LogP contribution in [0.25, 0.3) is 0 Å². The average molecular weight is 296 g/mol. The Kier molecular flexibility index (Phi) is 4.20. The Morgan fingerprint density at radius 1 is 1.45 bits per heavy atom. The number of aliphatic hydroxyl groups is 1. The number of fused-ring (bicyclic) bond motifs is 1. The van der Waals surface area contributed by atoms with Gasteiger partial charge in [-0.2, -0.15) is 0 Å². The van der Waals surface area contributed by atoms with Crippen LogP contribution in [0.3, 0.4) is 0 Å². The number of nitrogens with zero attached hydrogens (tertiary/aromatic N) is 1. The molecule has 1 fully saturated rings. The van der Waals surface area contributed by atoms with Crippen LogP contribution in [0.1, 0.15) is 30.9 Å². The summed E-state index contributed by atoms with van der Waals surface area (Å²) in [4.78, 5) is 2.41. The van der Waals surface area contributed by atoms with Gasteiger partial charge in [0.15, 0.2) is 0 Å². The summed E-state index contributed by atoms with van der Waals surface area (Å²) in [6.07, 6.45) is 2.71. The zero-order valence-corrected chi connectivity index (χ0v) is 12.7. The summed E-state index contributed by atoms with van der Waals surface area (Å²) in [5.74, 6) is 1.42. The van der Waals surface area contributed by atoms with Gasteiger partial charge in [-0.1, -0.05) is 18.5 Å². The number of benzene rings is 1. The lowest BCUT2D eigenvalue weighted by Crippen LogP contribution is -2.42. The fraction of sp³-hybridized carbons (Fsp3) is 0.625. The molecule has 1 saturated heterocycles. The molecule has 3 nitrogen and oxygen atoms in total. The van der Waals surface area contributed by atoms with E-state index >= 15 is 0 Å². The third-order valence-corrected chi connectivity index (χ3v) is 4.74. The Labute approximate surface area is 125 Å². The summed E-state index contributed by atoms with van der Waals surface area (Å²) in [5.41, 5.74) is 2.42. The number of ether oxygens (including phenoxy) is 1. The van der Waals surface area contributed by atoms with Crippen LogP contribution in [-0.4, -0.2) is 35.8 Å². The minimum absolute atomic E-state index is 0.141. The van der Waals surface area contributed by atoms with Crippen molar-refractivity contribution in [1.29, 1.82) is 0 Å². The van der Waals surface area contributed by atoms with Crippen molar-refractivity contribution >= 4 is 11.6 Å². The molecule has 3 rings (SSSR count). The Balaban J connectivity index is 1.75. The summed E-state index contributed by atoms with van der Waals surface area (Å²) in [6.45, 7) is 5.68. The lowest BCUT2D eigenvalue weighted by molar-refractivity contribution is 0.0219. The lowest BCUT2D eigenvalue weighted by Gasteiger charge is -2.36. The molecular weight excluding hydrogens is 274 g/mol. The smallest absolute Gasteiger partial charge is 0.127 e. The molecule has 1 aromatic carbocycles. The Hall–Kier alpha value is -0.770. The molecule has 0 spiro atoms. The number of hydrogen-bond acceptors (Lipinski definition) is 3. The predicted octanol–water partition coefficient (Wildman–Crippen LogP) is 2.87. The van der Waals surface area contributed by atoms with Gasteiger partial charge in [0, 0.05) is 36.6 Å². The van der Waals surface area contributed by atoms with Gasteiger partial charge in [0.25, 0.3) is 0 Å². The SMILES string of the molecule is CCC1CN(Cc2cc(Cl)cc3c2OCC3)CCC1O. The zero-order valence-electron chi connectivity index (χ0n) is 11.9. The van der Waals surface area contributed by atoms with E-state index in [1.807, 2.05) is 12.1 Å². The molecule has 0 aliphatic carbocycles. The zero-order chi connectivity index (χ0) is 14.1. The third-order valence-electron chi connectivity index (χ3n) is 4.52. The molecule has 0 amide bonds. The van der Waals surface area contributed by atoms with Crippen molar-refractivity contribution in [2.75, 3.05) is 19.7 Å². The van der Waals surface area contributed by atoms with E-state index in [9.17, 15) is 5.11 Å². The number of piperidine rings is 1. The lowest BCUT2D eigenvalue weighted by atomic mass is 9.92. The van der Waals surface area contributed by atoms with E-state index in [4.69, 9.17) is 16.3 Å². The quantitative estimate of drug-likeness (QED) is 0.931. The molecule has 20 heavy (non-hydrogen) atoms. The van der Waals surface area contributed by atoms with Gasteiger partial charge in [0.05, 0.1) is 12.7 Å². The average Bonchev–Trinajstić information content (AvgIpc) is 2.89. The Morgan fingerprint density at radius 2 is 2.30 bits per heavy atom. The van der Waals surface area contributed by atoms with Gasteiger partial charge >= 0.3 is 0 Å². The van der Waals surface area contributed by atoms with Crippen molar-refractivity contribution in [1.82, 2.24) is 4.90 Å². The molecule has 0 bridgehead atoms. The predicted molar refractivity (Wildman–Crippen MR) is 80.3 cm³/mol. The van der Waals surface area contributed by atoms with Crippen LogP contribution in [0, 0.1) is 5.92 Å². The summed E-state index contributed by atoms with van der Waals surface area (Å²) in [7, 11) is 0. The van der Waals surface area contributed by atoms with E-state index in [0.29, 0.717) is 5.92 Å². The van der Waals surface area contributed by atoms with Gasteiger partial charge in [-0.15, -0.1) is 0 Å². The third kappa shape index (κ3) is 2.80. The van der Waals surface area contributed by atoms with Crippen LogP contribution in [0.5, 0.6) is 5.75 Å². The maximum absolute atomic E-state index is 9.98. The minimum atomic E-state index is -0.141. The number of halogens is 1. The molecule has 0 saturated carbocycles. The van der Waals surface area contributed by atoms with Crippen LogP contribution >= 0.6 is 11.6 Å². The number of likely N-dealkylation sites (tertiary alicyclic amines) is 1. The first-order valence-corrected chi connectivity index (χ1v) is 7.89. The highest BCUT2D eigenvalue weighted by molar-refractivity contribution is 6.30. The molecule has 0 radical (unpaired) electrons. The second-order valence-electron chi connectivity index (χ2n) is 5.91. The fourth-order valence-corrected chi connectivity index (χ4v) is 3.61. The first-order chi connectivity index (χ1) is 9.67. The summed E-state index contributed by atoms with van der Waals surface area (Å²) in [5, 5.41) is 10.8. The van der Waals surface area contributed by atoms with Gasteiger partial charge in [-0.25, -0.2) is 0 Å². The van der Waals surface area contributed by atoms with E-state index in [0.717, 1.165) is 56.3 Å². The summed E-state index contributed by atoms with van der Waals surface area (Å²) >= 11 is 6.21. The van der Waals surface area contributed by atoms with Gasteiger partial charge in [0.2, 0.25) is 0 Å². The van der Waals surface area contributed by atoms with Crippen molar-refractivity contribution in [3.05, 3.63) is 28.3 Å². The fourth-order valence-electron chi connectivity index (χ4n) is 3.34. The number of aliphatic hydroxyl groups excluding tert-OH is 1. The van der Waals surface area contributed by atoms with Crippen LogP contribution in [0.2, 0.25) is 5.02 Å². The molecule has 2 unspecified atom stereocenters. The highest BCUT2D eigenvalue weighted by Gasteiger charge is 2.27. The summed E-state index contributed by atoms with van der Waals surface area (Å²) < 4.78 is 5.77. The summed E-state index contributed by atoms with van der Waals surface area (Å²) in [6, 6.07) is 4.04. The first-order valence-electron chi connectivity index (χ1n) is 7.52. The van der Waals surface area contributed by atoms with Gasteiger partial charge in [-0.05, 0) is 36.5 Å². The Bertz CT molecular complexity index is 492. The molecule has 0 aromatic heterocycles. The van der Waals surface area contributed by atoms with E-state index < -0.39 is 0 Å². The standard InChI is InChI=1S/C16H22ClNO2/c1-2-11-9-18(5-3-15(11)19)10-13-8-14(17)7-12-4-6-20-16(12)13/h7-8,11,15,19H,2-6,9-10H2,1H3. The van der Waals surface area contributed by atoms with E-state index in [-0.39, 0.29) is 6.10 Å². The monoisotopic (exact) mass is 295 g/mol. The van der Waals surface area contributed by atoms with Gasteiger partial charge in [0.1, 0.15) is 5.75 Å². The molecule has 1 aromatic rings. The van der Waals surface area contributed by atoms with Gasteiger partial charge < -0.3 is 9.84 Å². The first kappa shape index (κ1) is 14.2. The van der Waals surface area contributed by atoms with E-state index in [2.05, 4.69) is 11.8 Å². The van der Waals surface area contributed by atoms with Crippen molar-refractivity contribution in [3.8, 4) is 5.75 Å². The topological polar surface area (TPSA) is 32.7 Å². The van der Waals surface area contributed by atoms with Crippen LogP contribution < -0.4 is 4.74 Å². The van der Waals surface area contributed by atoms with Crippen LogP contribution in [0.15, 0.2) is 12.1 Å². The van der Waals surface area contributed by atoms with Crippen LogP contribution in [0.4, 0.5) is 0 Å². The molecule has 4 heteroatoms. The molecule has 2 heterocycles. The van der Waals surface area contributed by atoms with Gasteiger partial charge in [-0.3, -0.25) is 4.90 Å². The minimum Gasteiger partial charge on any atom is -0.493 e. The molecule has 110 valence electrons. The van der Waals surface area contributed by atoms with E-state index in [1.165, 1.54) is 11.1 Å². The largest absolute Gasteiger partial charge is 0.493 e. The van der Waals surface area contributed by atoms with Crippen molar-refractivity contribution in [3.63, 3.8) is 0 Å². The van der Waals surface area contributed by atoms with Crippen molar-refractivity contribution in [2.24, 2.45) is 5.92 Å². The molecule has 1 N–H and O–H groups in total. The molecular formula is C16H22ClNO2. The maximum atomic E-state index is 9.98. The second kappa shape index (κ2) is 5.92. The normalized spacial score (nSPS) is 26.4. The number of hydrogen-bond donors (Lipinski definition) is 1. The highest BCUT2D eigenvalue weighted by Crippen LogP contribution is 2.34. The van der Waals surface area contributed by atoms with Crippen molar-refractivity contribution in [2.45, 2.75) is 38.8 Å². The van der Waals surface area contributed by atoms with Crippen LogP contribution in [-0.2, 0) is 13.0 Å². The Morgan fingerprint density at radius 3 is 3.10 bits per heavy atom. The highest BCUT2D eigenvalue weighted by atomic mass is 35.5. The van der Waals surface area contributed by atoms with E-state index in [1.54, 1.807) is 0 Å². The maximum Gasteiger partial charge on any atom is 0.127 e. The number of rotatable bonds is 3. The molecule has 2 aliphatic rings. The van der Waals surface area contributed by atoms with Crippen molar-refractivity contribution < 1.29 is 9.84 Å². The molecule has 2 aliphatic heterocycles. The second-order valence-corrected chi connectivity index (χ2v) is 6.35.